The average molecular weight is 346 g/mol. The van der Waals surface area contributed by atoms with Gasteiger partial charge in [-0.3, -0.25) is 9.59 Å². The third kappa shape index (κ3) is 3.93. The van der Waals surface area contributed by atoms with Gasteiger partial charge in [0.05, 0.1) is 21.6 Å². The Kier molecular flexibility index (Phi) is 4.85. The highest BCUT2D eigenvalue weighted by atomic mass is 32.1. The number of carbonyl (C=O) groups is 2. The van der Waals surface area contributed by atoms with Crippen LogP contribution in [0.3, 0.4) is 0 Å². The Bertz CT molecular complexity index is 763. The topological polar surface area (TPSA) is 79.3 Å². The molecule has 6 heteroatoms. The highest BCUT2D eigenvalue weighted by molar-refractivity contribution is 7.18. The molecule has 0 atom stereocenters. The van der Waals surface area contributed by atoms with Crippen molar-refractivity contribution in [2.75, 3.05) is 5.32 Å². The Morgan fingerprint density at radius 3 is 2.71 bits per heavy atom. The van der Waals surface area contributed by atoms with E-state index in [0.29, 0.717) is 0 Å². The fraction of sp³-hybridized carbons (Fsp3) is 0.500. The summed E-state index contributed by atoms with van der Waals surface area (Å²) < 4.78 is 1.04. The summed E-state index contributed by atoms with van der Waals surface area (Å²) in [4.78, 5) is 28.1. The number of carbonyl (C=O) groups excluding carboxylic acids is 1. The van der Waals surface area contributed by atoms with Crippen LogP contribution >= 0.6 is 11.3 Å². The predicted octanol–water partition coefficient (Wildman–Crippen LogP) is 4.36. The molecular formula is C18H22N2O3S. The summed E-state index contributed by atoms with van der Waals surface area (Å²) >= 11 is 1.60. The second-order valence-electron chi connectivity index (χ2n) is 6.77. The number of nitrogens with one attached hydrogen (secondary N) is 1. The third-order valence-electron chi connectivity index (χ3n) is 4.76. The summed E-state index contributed by atoms with van der Waals surface area (Å²) in [7, 11) is 0. The quantitative estimate of drug-likeness (QED) is 0.843. The number of anilines is 1. The van der Waals surface area contributed by atoms with E-state index in [-0.39, 0.29) is 24.2 Å². The van der Waals surface area contributed by atoms with Gasteiger partial charge in [-0.15, -0.1) is 11.3 Å². The van der Waals surface area contributed by atoms with Crippen LogP contribution in [0.25, 0.3) is 10.2 Å². The smallest absolute Gasteiger partial charge is 0.303 e. The first-order chi connectivity index (χ1) is 11.5. The number of hydrogen-bond acceptors (Lipinski definition) is 4. The van der Waals surface area contributed by atoms with Gasteiger partial charge in [0.25, 0.3) is 0 Å². The number of nitrogens with zero attached hydrogens (tertiary/aromatic N) is 1. The molecule has 1 fully saturated rings. The molecule has 0 radical (unpaired) electrons. The van der Waals surface area contributed by atoms with E-state index in [0.717, 1.165) is 53.0 Å². The van der Waals surface area contributed by atoms with Crippen molar-refractivity contribution in [3.8, 4) is 0 Å². The monoisotopic (exact) mass is 346 g/mol. The zero-order valence-corrected chi connectivity index (χ0v) is 14.6. The third-order valence-corrected chi connectivity index (χ3v) is 5.69. The van der Waals surface area contributed by atoms with Crippen molar-refractivity contribution in [1.29, 1.82) is 0 Å². The molecule has 1 heterocycles. The highest BCUT2D eigenvalue weighted by Crippen LogP contribution is 2.42. The van der Waals surface area contributed by atoms with Gasteiger partial charge < -0.3 is 10.4 Å². The van der Waals surface area contributed by atoms with Gasteiger partial charge in [-0.25, -0.2) is 4.98 Å². The van der Waals surface area contributed by atoms with Gasteiger partial charge in [-0.05, 0) is 43.4 Å². The van der Waals surface area contributed by atoms with E-state index in [1.807, 2.05) is 25.1 Å². The molecule has 1 aliphatic carbocycles. The molecule has 0 unspecified atom stereocenters. The van der Waals surface area contributed by atoms with Crippen molar-refractivity contribution in [2.45, 2.75) is 51.9 Å². The van der Waals surface area contributed by atoms with Crippen LogP contribution < -0.4 is 5.32 Å². The maximum Gasteiger partial charge on any atom is 0.303 e. The normalized spacial score (nSPS) is 16.9. The lowest BCUT2D eigenvalue weighted by molar-refractivity contribution is -0.140. The van der Waals surface area contributed by atoms with Crippen LogP contribution in [0.5, 0.6) is 0 Å². The van der Waals surface area contributed by atoms with Gasteiger partial charge in [0, 0.05) is 12.1 Å². The first kappa shape index (κ1) is 16.9. The van der Waals surface area contributed by atoms with Crippen molar-refractivity contribution in [3.05, 3.63) is 23.2 Å². The van der Waals surface area contributed by atoms with E-state index in [1.54, 1.807) is 11.3 Å². The minimum atomic E-state index is -0.814. The van der Waals surface area contributed by atoms with Gasteiger partial charge in [-0.2, -0.15) is 0 Å². The first-order valence-corrected chi connectivity index (χ1v) is 9.16. The standard InChI is InChI=1S/C18H22N2O3S/c1-12-19-14-6-5-13(9-15(14)24-12)20-16(21)10-18(11-17(22)23)7-3-2-4-8-18/h5-6,9H,2-4,7-8,10-11H2,1H3,(H,20,21)(H,22,23). The molecule has 1 aromatic heterocycles. The minimum Gasteiger partial charge on any atom is -0.481 e. The summed E-state index contributed by atoms with van der Waals surface area (Å²) in [6.07, 6.45) is 5.13. The van der Waals surface area contributed by atoms with Gasteiger partial charge in [0.1, 0.15) is 0 Å². The van der Waals surface area contributed by atoms with E-state index in [4.69, 9.17) is 0 Å². The van der Waals surface area contributed by atoms with Crippen LogP contribution in [-0.4, -0.2) is 22.0 Å². The first-order valence-electron chi connectivity index (χ1n) is 8.35. The number of thiazole rings is 1. The zero-order valence-electron chi connectivity index (χ0n) is 13.8. The lowest BCUT2D eigenvalue weighted by atomic mass is 9.69. The predicted molar refractivity (Wildman–Crippen MR) is 95.4 cm³/mol. The van der Waals surface area contributed by atoms with Crippen LogP contribution in [0.4, 0.5) is 5.69 Å². The molecule has 1 saturated carbocycles. The summed E-state index contributed by atoms with van der Waals surface area (Å²) in [5.41, 5.74) is 1.29. The number of rotatable bonds is 5. The summed E-state index contributed by atoms with van der Waals surface area (Å²) in [6.45, 7) is 1.96. The number of aryl methyl sites for hydroxylation is 1. The number of carboxylic acid groups (broad SMARTS) is 1. The molecule has 0 saturated heterocycles. The molecule has 1 amide bonds. The Labute approximate surface area is 145 Å². The molecule has 24 heavy (non-hydrogen) atoms. The van der Waals surface area contributed by atoms with Crippen LogP contribution in [0.15, 0.2) is 18.2 Å². The Hall–Kier alpha value is -1.95. The molecule has 0 bridgehead atoms. The van der Waals surface area contributed by atoms with Gasteiger partial charge in [-0.1, -0.05) is 19.3 Å². The van der Waals surface area contributed by atoms with Crippen molar-refractivity contribution in [1.82, 2.24) is 4.98 Å². The molecule has 0 aliphatic heterocycles. The fourth-order valence-electron chi connectivity index (χ4n) is 3.70. The van der Waals surface area contributed by atoms with E-state index in [2.05, 4.69) is 10.3 Å². The van der Waals surface area contributed by atoms with Crippen LogP contribution in [0.2, 0.25) is 0 Å². The number of aromatic nitrogens is 1. The number of benzene rings is 1. The lowest BCUT2D eigenvalue weighted by Crippen LogP contribution is -2.32. The van der Waals surface area contributed by atoms with E-state index in [9.17, 15) is 14.7 Å². The average Bonchev–Trinajstić information content (AvgIpc) is 2.86. The Balaban J connectivity index is 1.71. The van der Waals surface area contributed by atoms with Gasteiger partial charge in [0.2, 0.25) is 5.91 Å². The van der Waals surface area contributed by atoms with Gasteiger partial charge in [0.15, 0.2) is 0 Å². The summed E-state index contributed by atoms with van der Waals surface area (Å²) in [5.74, 6) is -0.912. The molecule has 2 aromatic rings. The second kappa shape index (κ2) is 6.89. The van der Waals surface area contributed by atoms with Crippen LogP contribution in [0.1, 0.15) is 50.0 Å². The van der Waals surface area contributed by atoms with Crippen molar-refractivity contribution in [2.24, 2.45) is 5.41 Å². The van der Waals surface area contributed by atoms with Crippen molar-refractivity contribution >= 4 is 39.1 Å². The van der Waals surface area contributed by atoms with Gasteiger partial charge >= 0.3 is 5.97 Å². The number of carboxylic acids is 1. The SMILES string of the molecule is Cc1nc2ccc(NC(=O)CC3(CC(=O)O)CCCCC3)cc2s1. The largest absolute Gasteiger partial charge is 0.481 e. The van der Waals surface area contributed by atoms with Crippen LogP contribution in [0, 0.1) is 12.3 Å². The minimum absolute atomic E-state index is 0.0769. The maximum absolute atomic E-state index is 12.5. The van der Waals surface area contributed by atoms with Crippen molar-refractivity contribution in [3.63, 3.8) is 0 Å². The summed E-state index contributed by atoms with van der Waals surface area (Å²) in [6, 6.07) is 5.69. The molecule has 5 nitrogen and oxygen atoms in total. The molecular weight excluding hydrogens is 324 g/mol. The Morgan fingerprint density at radius 2 is 2.00 bits per heavy atom. The number of amides is 1. The van der Waals surface area contributed by atoms with E-state index in [1.165, 1.54) is 0 Å². The molecule has 128 valence electrons. The molecule has 1 aromatic carbocycles. The highest BCUT2D eigenvalue weighted by Gasteiger charge is 2.36. The van der Waals surface area contributed by atoms with E-state index < -0.39 is 5.97 Å². The molecule has 3 rings (SSSR count). The molecule has 0 spiro atoms. The molecule has 1 aliphatic rings. The molecule has 2 N–H and O–H groups in total. The maximum atomic E-state index is 12.5. The lowest BCUT2D eigenvalue weighted by Gasteiger charge is -2.35. The number of hydrogen-bond donors (Lipinski definition) is 2. The van der Waals surface area contributed by atoms with Crippen molar-refractivity contribution < 1.29 is 14.7 Å². The second-order valence-corrected chi connectivity index (χ2v) is 8.01. The summed E-state index contributed by atoms with van der Waals surface area (Å²) in [5, 5.41) is 13.1. The number of aliphatic carboxylic acids is 1. The fourth-order valence-corrected chi connectivity index (χ4v) is 4.57. The van der Waals surface area contributed by atoms with Crippen LogP contribution in [-0.2, 0) is 9.59 Å². The Morgan fingerprint density at radius 1 is 1.25 bits per heavy atom. The van der Waals surface area contributed by atoms with E-state index >= 15 is 0 Å². The number of fused-ring (bicyclic) bond motifs is 1. The zero-order chi connectivity index (χ0) is 17.2.